The Balaban J connectivity index is 4.91. The smallest absolute Gasteiger partial charge is 0.306 e. The number of aliphatic hydroxyl groups is 5. The fraction of sp³-hybridized carbons (Fsp3) is 0.800. The van der Waals surface area contributed by atoms with Crippen LogP contribution in [0.2, 0.25) is 0 Å². The minimum atomic E-state index is -1.86. The second kappa shape index (κ2) is 8.02. The van der Waals surface area contributed by atoms with E-state index in [-0.39, 0.29) is 0 Å². The molecule has 0 aromatic rings. The van der Waals surface area contributed by atoms with Gasteiger partial charge in [0.15, 0.2) is 0 Å². The fourth-order valence-electron chi connectivity index (χ4n) is 1.50. The molecule has 0 heterocycles. The van der Waals surface area contributed by atoms with Crippen LogP contribution in [0.1, 0.15) is 13.3 Å². The number of rotatable bonds is 8. The van der Waals surface area contributed by atoms with Gasteiger partial charge in [0.25, 0.3) is 0 Å². The van der Waals surface area contributed by atoms with E-state index < -0.39 is 55.4 Å². The summed E-state index contributed by atoms with van der Waals surface area (Å²) in [6, 6.07) is -1.50. The topological polar surface area (TPSA) is 168 Å². The van der Waals surface area contributed by atoms with E-state index in [1.54, 1.807) is 0 Å². The first-order valence-corrected chi connectivity index (χ1v) is 5.52. The van der Waals surface area contributed by atoms with Crippen LogP contribution < -0.4 is 5.32 Å². The summed E-state index contributed by atoms with van der Waals surface area (Å²) < 4.78 is 0. The van der Waals surface area contributed by atoms with Gasteiger partial charge in [-0.1, -0.05) is 0 Å². The first-order chi connectivity index (χ1) is 8.70. The molecular formula is C10H19NO8. The number of amides is 1. The zero-order chi connectivity index (χ0) is 15.2. The maximum Gasteiger partial charge on any atom is 0.306 e. The molecule has 0 radical (unpaired) electrons. The maximum atomic E-state index is 10.9. The van der Waals surface area contributed by atoms with E-state index in [0.717, 1.165) is 6.92 Å². The molecule has 112 valence electrons. The molecule has 0 saturated carbocycles. The first kappa shape index (κ1) is 17.7. The summed E-state index contributed by atoms with van der Waals surface area (Å²) in [6.45, 7) is 0.224. The van der Waals surface area contributed by atoms with Crippen LogP contribution in [0, 0.1) is 0 Å². The number of hydrogen-bond donors (Lipinski definition) is 7. The number of carbonyl (C=O) groups excluding carboxylic acids is 1. The highest BCUT2D eigenvalue weighted by Crippen LogP contribution is 2.11. The highest BCUT2D eigenvalue weighted by Gasteiger charge is 2.36. The monoisotopic (exact) mass is 281 g/mol. The molecule has 19 heavy (non-hydrogen) atoms. The zero-order valence-corrected chi connectivity index (χ0v) is 10.3. The van der Waals surface area contributed by atoms with Crippen LogP contribution in [0.5, 0.6) is 0 Å². The van der Waals surface area contributed by atoms with E-state index in [2.05, 4.69) is 5.32 Å². The Bertz CT molecular complexity index is 310. The number of aliphatic carboxylic acids is 1. The minimum Gasteiger partial charge on any atom is -0.481 e. The van der Waals surface area contributed by atoms with Crippen LogP contribution in [0.3, 0.4) is 0 Å². The van der Waals surface area contributed by atoms with Crippen molar-refractivity contribution in [3.8, 4) is 0 Å². The Morgan fingerprint density at radius 2 is 1.58 bits per heavy atom. The maximum absolute atomic E-state index is 10.9. The standard InChI is InChI=1S/C10H19NO8/c1-4(13)11-8(5(14)2-7(16)17)10(19)9(18)6(15)3-12/h5-6,8-10,12,14-15,18-19H,2-3H2,1H3,(H,11,13)(H,16,17). The molecule has 0 aromatic heterocycles. The highest BCUT2D eigenvalue weighted by atomic mass is 16.4. The third-order valence-corrected chi connectivity index (χ3v) is 2.47. The van der Waals surface area contributed by atoms with E-state index in [1.165, 1.54) is 0 Å². The van der Waals surface area contributed by atoms with Gasteiger partial charge in [-0.3, -0.25) is 9.59 Å². The number of carboxylic acids is 1. The number of hydrogen-bond acceptors (Lipinski definition) is 7. The summed E-state index contributed by atoms with van der Waals surface area (Å²) in [7, 11) is 0. The van der Waals surface area contributed by atoms with Crippen LogP contribution in [0.4, 0.5) is 0 Å². The molecule has 0 rings (SSSR count). The van der Waals surface area contributed by atoms with E-state index in [1.807, 2.05) is 0 Å². The average molecular weight is 281 g/mol. The summed E-state index contributed by atoms with van der Waals surface area (Å²) in [6.07, 6.45) is -7.84. The lowest BCUT2D eigenvalue weighted by atomic mass is 9.95. The minimum absolute atomic E-state index is 0.667. The lowest BCUT2D eigenvalue weighted by Gasteiger charge is -2.31. The Hall–Kier alpha value is -1.26. The van der Waals surface area contributed by atoms with Crippen molar-refractivity contribution in [3.63, 3.8) is 0 Å². The Morgan fingerprint density at radius 1 is 1.05 bits per heavy atom. The normalized spacial score (nSPS) is 19.1. The second-order valence-corrected chi connectivity index (χ2v) is 4.12. The van der Waals surface area contributed by atoms with E-state index in [4.69, 9.17) is 10.2 Å². The SMILES string of the molecule is CC(=O)NC(C(O)CC(=O)O)C(O)C(O)C(O)CO. The van der Waals surface area contributed by atoms with Crippen molar-refractivity contribution >= 4 is 11.9 Å². The molecule has 0 aliphatic rings. The molecular weight excluding hydrogens is 262 g/mol. The molecule has 0 fully saturated rings. The van der Waals surface area contributed by atoms with Gasteiger partial charge < -0.3 is 36.0 Å². The van der Waals surface area contributed by atoms with Gasteiger partial charge in [0.1, 0.15) is 18.3 Å². The van der Waals surface area contributed by atoms with Crippen LogP contribution in [-0.2, 0) is 9.59 Å². The second-order valence-electron chi connectivity index (χ2n) is 4.12. The van der Waals surface area contributed by atoms with Gasteiger partial charge in [-0.25, -0.2) is 0 Å². The predicted molar refractivity (Wildman–Crippen MR) is 61.0 cm³/mol. The largest absolute Gasteiger partial charge is 0.481 e. The molecule has 9 heteroatoms. The molecule has 0 bridgehead atoms. The fourth-order valence-corrected chi connectivity index (χ4v) is 1.50. The van der Waals surface area contributed by atoms with Crippen LogP contribution in [0.25, 0.3) is 0 Å². The summed E-state index contributed by atoms with van der Waals surface area (Å²) in [5, 5.41) is 57.2. The van der Waals surface area contributed by atoms with Crippen LogP contribution in [0.15, 0.2) is 0 Å². The van der Waals surface area contributed by atoms with Gasteiger partial charge in [-0.05, 0) is 0 Å². The van der Waals surface area contributed by atoms with Gasteiger partial charge in [0.05, 0.1) is 25.2 Å². The van der Waals surface area contributed by atoms with Crippen molar-refractivity contribution in [2.45, 2.75) is 43.8 Å². The molecule has 9 nitrogen and oxygen atoms in total. The van der Waals surface area contributed by atoms with Crippen molar-refractivity contribution in [1.29, 1.82) is 0 Å². The molecule has 7 N–H and O–H groups in total. The van der Waals surface area contributed by atoms with E-state index in [0.29, 0.717) is 0 Å². The summed E-state index contributed by atoms with van der Waals surface area (Å²) in [5.74, 6) is -2.04. The first-order valence-electron chi connectivity index (χ1n) is 5.52. The van der Waals surface area contributed by atoms with Crippen LogP contribution in [-0.4, -0.2) is 79.6 Å². The van der Waals surface area contributed by atoms with Gasteiger partial charge in [0, 0.05) is 6.92 Å². The molecule has 0 spiro atoms. The van der Waals surface area contributed by atoms with Crippen molar-refractivity contribution in [2.75, 3.05) is 6.61 Å². The van der Waals surface area contributed by atoms with Crippen molar-refractivity contribution in [2.24, 2.45) is 0 Å². The summed E-state index contributed by atoms with van der Waals surface area (Å²) in [4.78, 5) is 21.4. The quantitative estimate of drug-likeness (QED) is 0.239. The van der Waals surface area contributed by atoms with Crippen LogP contribution >= 0.6 is 0 Å². The molecule has 0 aliphatic heterocycles. The Labute approximate surface area is 109 Å². The lowest BCUT2D eigenvalue weighted by Crippen LogP contribution is -2.57. The molecule has 5 unspecified atom stereocenters. The molecule has 0 aromatic carbocycles. The third kappa shape index (κ3) is 5.94. The van der Waals surface area contributed by atoms with Gasteiger partial charge >= 0.3 is 5.97 Å². The van der Waals surface area contributed by atoms with E-state index in [9.17, 15) is 30.0 Å². The van der Waals surface area contributed by atoms with Gasteiger partial charge in [-0.15, -0.1) is 0 Å². The average Bonchev–Trinajstić information content (AvgIpc) is 2.31. The van der Waals surface area contributed by atoms with Crippen molar-refractivity contribution in [1.82, 2.24) is 5.32 Å². The van der Waals surface area contributed by atoms with Crippen molar-refractivity contribution < 1.29 is 40.2 Å². The Morgan fingerprint density at radius 3 is 1.95 bits per heavy atom. The molecule has 0 aliphatic carbocycles. The third-order valence-electron chi connectivity index (χ3n) is 2.47. The van der Waals surface area contributed by atoms with E-state index >= 15 is 0 Å². The van der Waals surface area contributed by atoms with Gasteiger partial charge in [0.2, 0.25) is 5.91 Å². The molecule has 0 saturated heterocycles. The van der Waals surface area contributed by atoms with Crippen molar-refractivity contribution in [3.05, 3.63) is 0 Å². The predicted octanol–water partition coefficient (Wildman–Crippen LogP) is -3.60. The number of aliphatic hydroxyl groups excluding tert-OH is 5. The molecule has 1 amide bonds. The summed E-state index contributed by atoms with van der Waals surface area (Å²) >= 11 is 0. The number of carbonyl (C=O) groups is 2. The molecule has 5 atom stereocenters. The van der Waals surface area contributed by atoms with Gasteiger partial charge in [-0.2, -0.15) is 0 Å². The highest BCUT2D eigenvalue weighted by molar-refractivity contribution is 5.73. The number of nitrogens with one attached hydrogen (secondary N) is 1. The Kier molecular flexibility index (Phi) is 7.49. The number of carboxylic acid groups (broad SMARTS) is 1. The lowest BCUT2D eigenvalue weighted by molar-refractivity contribution is -0.143. The summed E-state index contributed by atoms with van der Waals surface area (Å²) in [5.41, 5.74) is 0. The zero-order valence-electron chi connectivity index (χ0n) is 10.3.